The molecule has 0 radical (unpaired) electrons. The van der Waals surface area contributed by atoms with Crippen LogP contribution in [-0.2, 0) is 4.79 Å². The summed E-state index contributed by atoms with van der Waals surface area (Å²) in [5, 5.41) is 11.7. The molecule has 1 aliphatic rings. The van der Waals surface area contributed by atoms with Crippen molar-refractivity contribution in [2.24, 2.45) is 11.8 Å². The summed E-state index contributed by atoms with van der Waals surface area (Å²) in [7, 11) is 1.84. The molecule has 0 saturated heterocycles. The Morgan fingerprint density at radius 2 is 2.23 bits per heavy atom. The number of rotatable bonds is 6. The van der Waals surface area contributed by atoms with E-state index in [-0.39, 0.29) is 12.5 Å². The van der Waals surface area contributed by atoms with E-state index in [4.69, 9.17) is 5.11 Å². The first-order chi connectivity index (χ1) is 6.13. The molecular weight excluding hydrogens is 166 g/mol. The number of aliphatic carboxylic acids is 1. The minimum Gasteiger partial charge on any atom is -0.481 e. The van der Waals surface area contributed by atoms with Crippen LogP contribution in [0.25, 0.3) is 0 Å². The summed E-state index contributed by atoms with van der Waals surface area (Å²) in [5.41, 5.74) is 0. The minimum atomic E-state index is -0.706. The molecule has 2 unspecified atom stereocenters. The van der Waals surface area contributed by atoms with Gasteiger partial charge < -0.3 is 10.4 Å². The fourth-order valence-electron chi connectivity index (χ4n) is 1.82. The van der Waals surface area contributed by atoms with E-state index in [9.17, 15) is 4.79 Å². The maximum Gasteiger partial charge on any atom is 0.304 e. The first kappa shape index (κ1) is 10.5. The summed E-state index contributed by atoms with van der Waals surface area (Å²) in [6.45, 7) is 2.23. The van der Waals surface area contributed by atoms with Crippen molar-refractivity contribution < 1.29 is 9.90 Å². The molecule has 1 fully saturated rings. The van der Waals surface area contributed by atoms with Crippen molar-refractivity contribution in [3.8, 4) is 0 Å². The van der Waals surface area contributed by atoms with Gasteiger partial charge in [-0.2, -0.15) is 0 Å². The zero-order valence-corrected chi connectivity index (χ0v) is 8.42. The number of carboxylic acid groups (broad SMARTS) is 1. The van der Waals surface area contributed by atoms with Gasteiger partial charge in [-0.3, -0.25) is 4.79 Å². The highest BCUT2D eigenvalue weighted by atomic mass is 16.4. The van der Waals surface area contributed by atoms with Crippen LogP contribution in [0.2, 0.25) is 0 Å². The monoisotopic (exact) mass is 185 g/mol. The van der Waals surface area contributed by atoms with E-state index in [0.29, 0.717) is 5.92 Å². The molecule has 2 atom stereocenters. The van der Waals surface area contributed by atoms with E-state index in [1.54, 1.807) is 0 Å². The molecule has 0 spiro atoms. The zero-order valence-electron chi connectivity index (χ0n) is 8.42. The van der Waals surface area contributed by atoms with Gasteiger partial charge in [0.25, 0.3) is 0 Å². The van der Waals surface area contributed by atoms with Gasteiger partial charge in [0.2, 0.25) is 0 Å². The second-order valence-corrected chi connectivity index (χ2v) is 4.13. The van der Waals surface area contributed by atoms with E-state index < -0.39 is 5.97 Å². The summed E-state index contributed by atoms with van der Waals surface area (Å²) in [6, 6.07) is 0.146. The Bertz CT molecular complexity index is 178. The molecule has 1 aliphatic carbocycles. The summed E-state index contributed by atoms with van der Waals surface area (Å²) < 4.78 is 0. The lowest BCUT2D eigenvalue weighted by molar-refractivity contribution is -0.137. The van der Waals surface area contributed by atoms with Crippen molar-refractivity contribution in [1.82, 2.24) is 5.32 Å². The predicted molar refractivity (Wildman–Crippen MR) is 51.6 cm³/mol. The quantitative estimate of drug-likeness (QED) is 0.659. The Balaban J connectivity index is 2.24. The van der Waals surface area contributed by atoms with E-state index in [1.807, 2.05) is 7.05 Å². The van der Waals surface area contributed by atoms with E-state index in [2.05, 4.69) is 12.2 Å². The van der Waals surface area contributed by atoms with Gasteiger partial charge in [-0.25, -0.2) is 0 Å². The average Bonchev–Trinajstić information content (AvgIpc) is 2.84. The van der Waals surface area contributed by atoms with Gasteiger partial charge in [-0.05, 0) is 38.1 Å². The van der Waals surface area contributed by atoms with Crippen LogP contribution in [0.3, 0.4) is 0 Å². The zero-order chi connectivity index (χ0) is 9.84. The van der Waals surface area contributed by atoms with Crippen molar-refractivity contribution in [1.29, 1.82) is 0 Å². The van der Waals surface area contributed by atoms with Gasteiger partial charge in [0.1, 0.15) is 0 Å². The van der Waals surface area contributed by atoms with Crippen LogP contribution in [0.5, 0.6) is 0 Å². The lowest BCUT2D eigenvalue weighted by atomic mass is 9.95. The van der Waals surface area contributed by atoms with Crippen LogP contribution in [-0.4, -0.2) is 24.2 Å². The molecule has 13 heavy (non-hydrogen) atoms. The first-order valence-electron chi connectivity index (χ1n) is 5.02. The molecule has 0 aromatic carbocycles. The van der Waals surface area contributed by atoms with Crippen LogP contribution in [0.1, 0.15) is 32.6 Å². The van der Waals surface area contributed by atoms with Crippen molar-refractivity contribution in [3.63, 3.8) is 0 Å². The number of hydrogen-bond acceptors (Lipinski definition) is 2. The number of nitrogens with one attached hydrogen (secondary N) is 1. The number of hydrogen-bond donors (Lipinski definition) is 2. The molecule has 0 amide bonds. The number of carboxylic acids is 1. The van der Waals surface area contributed by atoms with Crippen LogP contribution < -0.4 is 5.32 Å². The van der Waals surface area contributed by atoms with Crippen molar-refractivity contribution >= 4 is 5.97 Å². The average molecular weight is 185 g/mol. The van der Waals surface area contributed by atoms with E-state index in [0.717, 1.165) is 12.3 Å². The maximum absolute atomic E-state index is 10.5. The molecule has 0 heterocycles. The predicted octanol–water partition coefficient (Wildman–Crippen LogP) is 1.49. The number of carbonyl (C=O) groups is 1. The Morgan fingerprint density at radius 3 is 2.62 bits per heavy atom. The molecule has 1 saturated carbocycles. The van der Waals surface area contributed by atoms with Crippen LogP contribution >= 0.6 is 0 Å². The highest BCUT2D eigenvalue weighted by Crippen LogP contribution is 2.38. The van der Waals surface area contributed by atoms with Gasteiger partial charge in [-0.1, -0.05) is 6.92 Å². The van der Waals surface area contributed by atoms with E-state index in [1.165, 1.54) is 12.8 Å². The van der Waals surface area contributed by atoms with Gasteiger partial charge >= 0.3 is 5.97 Å². The molecule has 3 nitrogen and oxygen atoms in total. The Labute approximate surface area is 79.5 Å². The van der Waals surface area contributed by atoms with Crippen LogP contribution in [0, 0.1) is 11.8 Å². The summed E-state index contributed by atoms with van der Waals surface area (Å²) >= 11 is 0. The molecule has 1 rings (SSSR count). The van der Waals surface area contributed by atoms with Crippen molar-refractivity contribution in [2.75, 3.05) is 7.05 Å². The molecule has 76 valence electrons. The molecule has 3 heteroatoms. The first-order valence-corrected chi connectivity index (χ1v) is 5.02. The molecule has 0 aliphatic heterocycles. The Hall–Kier alpha value is -0.570. The molecule has 0 aromatic rings. The van der Waals surface area contributed by atoms with E-state index >= 15 is 0 Å². The fraction of sp³-hybridized carbons (Fsp3) is 0.900. The lowest BCUT2D eigenvalue weighted by Crippen LogP contribution is -2.30. The second-order valence-electron chi connectivity index (χ2n) is 4.13. The fourth-order valence-corrected chi connectivity index (χ4v) is 1.82. The normalized spacial score (nSPS) is 21.1. The second kappa shape index (κ2) is 4.61. The Kier molecular flexibility index (Phi) is 3.72. The highest BCUT2D eigenvalue weighted by Gasteiger charge is 2.29. The van der Waals surface area contributed by atoms with Gasteiger partial charge in [0, 0.05) is 6.04 Å². The molecule has 2 N–H and O–H groups in total. The smallest absolute Gasteiger partial charge is 0.304 e. The third kappa shape index (κ3) is 3.77. The Morgan fingerprint density at radius 1 is 1.62 bits per heavy atom. The summed E-state index contributed by atoms with van der Waals surface area (Å²) in [4.78, 5) is 10.5. The third-order valence-electron chi connectivity index (χ3n) is 2.91. The van der Waals surface area contributed by atoms with Gasteiger partial charge in [-0.15, -0.1) is 0 Å². The van der Waals surface area contributed by atoms with Crippen molar-refractivity contribution in [2.45, 2.75) is 38.6 Å². The maximum atomic E-state index is 10.5. The highest BCUT2D eigenvalue weighted by molar-refractivity contribution is 5.67. The summed E-state index contributed by atoms with van der Waals surface area (Å²) in [5.74, 6) is 0.837. The van der Waals surface area contributed by atoms with Crippen molar-refractivity contribution in [3.05, 3.63) is 0 Å². The molecule has 0 bridgehead atoms. The van der Waals surface area contributed by atoms with Crippen LogP contribution in [0.4, 0.5) is 0 Å². The largest absolute Gasteiger partial charge is 0.481 e. The minimum absolute atomic E-state index is 0.146. The summed E-state index contributed by atoms with van der Waals surface area (Å²) in [6.07, 6.45) is 3.91. The standard InChI is InChI=1S/C10H19NO2/c1-7(8-3-4-8)5-9(11-2)6-10(12)13/h7-9,11H,3-6H2,1-2H3,(H,12,13). The third-order valence-corrected chi connectivity index (χ3v) is 2.91. The molecule has 0 aromatic heterocycles. The van der Waals surface area contributed by atoms with Gasteiger partial charge in [0.05, 0.1) is 6.42 Å². The molecular formula is C10H19NO2. The van der Waals surface area contributed by atoms with Crippen LogP contribution in [0.15, 0.2) is 0 Å². The van der Waals surface area contributed by atoms with Gasteiger partial charge in [0.15, 0.2) is 0 Å². The lowest BCUT2D eigenvalue weighted by Gasteiger charge is -2.18. The SMILES string of the molecule is CNC(CC(=O)O)CC(C)C1CC1. The topological polar surface area (TPSA) is 49.3 Å².